The lowest BCUT2D eigenvalue weighted by Crippen LogP contribution is -2.31. The SMILES string of the molecule is COCC(O)CNC(C)c1cc2ccccc2o1. The minimum absolute atomic E-state index is 0.0592. The molecule has 98 valence electrons. The molecule has 0 aliphatic heterocycles. The number of ether oxygens (including phenoxy) is 1. The summed E-state index contributed by atoms with van der Waals surface area (Å²) in [4.78, 5) is 0. The van der Waals surface area contributed by atoms with Crippen LogP contribution in [-0.4, -0.2) is 31.5 Å². The van der Waals surface area contributed by atoms with E-state index in [0.29, 0.717) is 13.2 Å². The van der Waals surface area contributed by atoms with Crippen LogP contribution in [-0.2, 0) is 4.74 Å². The van der Waals surface area contributed by atoms with E-state index in [0.717, 1.165) is 16.7 Å². The third-order valence-electron chi connectivity index (χ3n) is 2.89. The van der Waals surface area contributed by atoms with Crippen molar-refractivity contribution in [2.24, 2.45) is 0 Å². The van der Waals surface area contributed by atoms with E-state index in [1.165, 1.54) is 0 Å². The van der Waals surface area contributed by atoms with Gasteiger partial charge in [-0.1, -0.05) is 18.2 Å². The summed E-state index contributed by atoms with van der Waals surface area (Å²) < 4.78 is 10.6. The van der Waals surface area contributed by atoms with Gasteiger partial charge in [-0.15, -0.1) is 0 Å². The van der Waals surface area contributed by atoms with Crippen LogP contribution in [0.3, 0.4) is 0 Å². The fraction of sp³-hybridized carbons (Fsp3) is 0.429. The number of aliphatic hydroxyl groups is 1. The van der Waals surface area contributed by atoms with Crippen molar-refractivity contribution in [3.8, 4) is 0 Å². The fourth-order valence-electron chi connectivity index (χ4n) is 1.88. The number of methoxy groups -OCH3 is 1. The highest BCUT2D eigenvalue weighted by Gasteiger charge is 2.12. The lowest BCUT2D eigenvalue weighted by molar-refractivity contribution is 0.0626. The van der Waals surface area contributed by atoms with Crippen molar-refractivity contribution in [2.45, 2.75) is 19.1 Å². The Hall–Kier alpha value is -1.36. The molecule has 2 aromatic rings. The maximum absolute atomic E-state index is 9.57. The van der Waals surface area contributed by atoms with E-state index < -0.39 is 6.10 Å². The second kappa shape index (κ2) is 6.00. The Balaban J connectivity index is 1.98. The Morgan fingerprint density at radius 2 is 2.17 bits per heavy atom. The third kappa shape index (κ3) is 3.10. The van der Waals surface area contributed by atoms with Gasteiger partial charge in [0.05, 0.1) is 18.8 Å². The van der Waals surface area contributed by atoms with Crippen LogP contribution >= 0.6 is 0 Å². The summed E-state index contributed by atoms with van der Waals surface area (Å²) in [6, 6.07) is 10.00. The van der Waals surface area contributed by atoms with Crippen LogP contribution in [0.1, 0.15) is 18.7 Å². The molecule has 0 fully saturated rings. The topological polar surface area (TPSA) is 54.6 Å². The molecule has 0 aliphatic carbocycles. The molecule has 1 aromatic carbocycles. The molecule has 0 bridgehead atoms. The molecule has 0 spiro atoms. The quantitative estimate of drug-likeness (QED) is 0.823. The Labute approximate surface area is 107 Å². The van der Waals surface area contributed by atoms with E-state index in [2.05, 4.69) is 5.32 Å². The highest BCUT2D eigenvalue weighted by Crippen LogP contribution is 2.23. The molecule has 0 radical (unpaired) electrons. The van der Waals surface area contributed by atoms with Gasteiger partial charge < -0.3 is 19.6 Å². The molecule has 1 aromatic heterocycles. The molecule has 0 amide bonds. The number of benzene rings is 1. The highest BCUT2D eigenvalue weighted by molar-refractivity contribution is 5.77. The summed E-state index contributed by atoms with van der Waals surface area (Å²) in [7, 11) is 1.58. The second-order valence-electron chi connectivity index (χ2n) is 4.43. The lowest BCUT2D eigenvalue weighted by Gasteiger charge is -2.14. The number of para-hydroxylation sites is 1. The third-order valence-corrected chi connectivity index (χ3v) is 2.89. The van der Waals surface area contributed by atoms with E-state index in [1.807, 2.05) is 37.3 Å². The van der Waals surface area contributed by atoms with E-state index in [1.54, 1.807) is 7.11 Å². The summed E-state index contributed by atoms with van der Waals surface area (Å²) in [5, 5.41) is 13.9. The van der Waals surface area contributed by atoms with Crippen LogP contribution in [0.5, 0.6) is 0 Å². The molecular formula is C14H19NO3. The van der Waals surface area contributed by atoms with Crippen molar-refractivity contribution >= 4 is 11.0 Å². The summed E-state index contributed by atoms with van der Waals surface area (Å²) in [5.74, 6) is 0.876. The second-order valence-corrected chi connectivity index (χ2v) is 4.43. The van der Waals surface area contributed by atoms with Gasteiger partial charge in [-0.3, -0.25) is 0 Å². The normalized spacial score (nSPS) is 14.8. The van der Waals surface area contributed by atoms with Crippen molar-refractivity contribution < 1.29 is 14.3 Å². The first-order valence-corrected chi connectivity index (χ1v) is 6.09. The standard InChI is InChI=1S/C14H19NO3/c1-10(15-8-12(16)9-17-2)14-7-11-5-3-4-6-13(11)18-14/h3-7,10,12,15-16H,8-9H2,1-2H3. The van der Waals surface area contributed by atoms with Crippen molar-refractivity contribution in [2.75, 3.05) is 20.3 Å². The van der Waals surface area contributed by atoms with E-state index in [-0.39, 0.29) is 6.04 Å². The van der Waals surface area contributed by atoms with E-state index in [9.17, 15) is 5.11 Å². The van der Waals surface area contributed by atoms with Crippen LogP contribution in [0.2, 0.25) is 0 Å². The van der Waals surface area contributed by atoms with Crippen LogP contribution in [0, 0.1) is 0 Å². The van der Waals surface area contributed by atoms with Gasteiger partial charge in [0.1, 0.15) is 11.3 Å². The maximum Gasteiger partial charge on any atom is 0.134 e. The Bertz CT molecular complexity index is 461. The number of nitrogens with one attached hydrogen (secondary N) is 1. The minimum Gasteiger partial charge on any atom is -0.459 e. The summed E-state index contributed by atoms with van der Waals surface area (Å²) >= 11 is 0. The predicted molar refractivity (Wildman–Crippen MR) is 70.5 cm³/mol. The van der Waals surface area contributed by atoms with Crippen molar-refractivity contribution in [1.29, 1.82) is 0 Å². The van der Waals surface area contributed by atoms with Gasteiger partial charge in [0, 0.05) is 19.0 Å². The first-order valence-electron chi connectivity index (χ1n) is 6.09. The average molecular weight is 249 g/mol. The van der Waals surface area contributed by atoms with E-state index >= 15 is 0 Å². The van der Waals surface area contributed by atoms with Gasteiger partial charge in [-0.05, 0) is 19.1 Å². The van der Waals surface area contributed by atoms with Crippen molar-refractivity contribution in [3.63, 3.8) is 0 Å². The Morgan fingerprint density at radius 1 is 1.39 bits per heavy atom. The monoisotopic (exact) mass is 249 g/mol. The molecule has 18 heavy (non-hydrogen) atoms. The molecule has 2 unspecified atom stereocenters. The van der Waals surface area contributed by atoms with Crippen LogP contribution < -0.4 is 5.32 Å². The number of aliphatic hydroxyl groups excluding tert-OH is 1. The fourth-order valence-corrected chi connectivity index (χ4v) is 1.88. The first kappa shape index (κ1) is 13.1. The summed E-state index contributed by atoms with van der Waals surface area (Å²) in [5.41, 5.74) is 0.888. The number of hydrogen-bond donors (Lipinski definition) is 2. The zero-order valence-electron chi connectivity index (χ0n) is 10.7. The predicted octanol–water partition coefficient (Wildman–Crippen LogP) is 2.09. The lowest BCUT2D eigenvalue weighted by atomic mass is 10.2. The first-order chi connectivity index (χ1) is 8.70. The van der Waals surface area contributed by atoms with Gasteiger partial charge in [0.25, 0.3) is 0 Å². The van der Waals surface area contributed by atoms with Crippen LogP contribution in [0.25, 0.3) is 11.0 Å². The number of hydrogen-bond acceptors (Lipinski definition) is 4. The molecular weight excluding hydrogens is 230 g/mol. The van der Waals surface area contributed by atoms with Gasteiger partial charge in [-0.2, -0.15) is 0 Å². The van der Waals surface area contributed by atoms with Crippen LogP contribution in [0.15, 0.2) is 34.7 Å². The number of furan rings is 1. The number of rotatable bonds is 6. The summed E-state index contributed by atoms with van der Waals surface area (Å²) in [6.45, 7) is 2.82. The van der Waals surface area contributed by atoms with Crippen molar-refractivity contribution in [1.82, 2.24) is 5.32 Å². The summed E-state index contributed by atoms with van der Waals surface area (Å²) in [6.07, 6.45) is -0.498. The minimum atomic E-state index is -0.498. The maximum atomic E-state index is 9.57. The number of fused-ring (bicyclic) bond motifs is 1. The molecule has 2 atom stereocenters. The van der Waals surface area contributed by atoms with Crippen LogP contribution in [0.4, 0.5) is 0 Å². The zero-order chi connectivity index (χ0) is 13.0. The average Bonchev–Trinajstić information content (AvgIpc) is 2.80. The Morgan fingerprint density at radius 3 is 2.89 bits per heavy atom. The molecule has 0 saturated heterocycles. The van der Waals surface area contributed by atoms with Crippen molar-refractivity contribution in [3.05, 3.63) is 36.1 Å². The van der Waals surface area contributed by atoms with Gasteiger partial charge >= 0.3 is 0 Å². The van der Waals surface area contributed by atoms with Gasteiger partial charge in [0.2, 0.25) is 0 Å². The molecule has 4 nitrogen and oxygen atoms in total. The Kier molecular flexibility index (Phi) is 4.36. The molecule has 2 N–H and O–H groups in total. The molecule has 0 aliphatic rings. The largest absolute Gasteiger partial charge is 0.459 e. The molecule has 0 saturated carbocycles. The van der Waals surface area contributed by atoms with Gasteiger partial charge in [0.15, 0.2) is 0 Å². The molecule has 2 rings (SSSR count). The molecule has 4 heteroatoms. The highest BCUT2D eigenvalue weighted by atomic mass is 16.5. The zero-order valence-corrected chi connectivity index (χ0v) is 10.7. The van der Waals surface area contributed by atoms with E-state index in [4.69, 9.17) is 9.15 Å². The molecule has 1 heterocycles. The van der Waals surface area contributed by atoms with Gasteiger partial charge in [-0.25, -0.2) is 0 Å². The smallest absolute Gasteiger partial charge is 0.134 e.